The van der Waals surface area contributed by atoms with Gasteiger partial charge < -0.3 is 9.64 Å². The van der Waals surface area contributed by atoms with E-state index in [0.29, 0.717) is 11.8 Å². The van der Waals surface area contributed by atoms with Crippen LogP contribution < -0.4 is 5.56 Å². The minimum atomic E-state index is 0.0207. The van der Waals surface area contributed by atoms with Gasteiger partial charge in [-0.3, -0.25) is 4.79 Å². The van der Waals surface area contributed by atoms with Gasteiger partial charge in [0, 0.05) is 25.8 Å². The van der Waals surface area contributed by atoms with Gasteiger partial charge in [0.05, 0.1) is 12.3 Å². The van der Waals surface area contributed by atoms with Crippen LogP contribution in [0.3, 0.4) is 0 Å². The van der Waals surface area contributed by atoms with Crippen LogP contribution in [-0.4, -0.2) is 47.5 Å². The molecule has 1 aromatic rings. The molecular weight excluding hydrogens is 278 g/mol. The molecule has 1 atom stereocenters. The Balaban J connectivity index is 1.47. The second-order valence-corrected chi connectivity index (χ2v) is 6.82. The van der Waals surface area contributed by atoms with Crippen LogP contribution in [0.4, 0.5) is 0 Å². The van der Waals surface area contributed by atoms with Crippen molar-refractivity contribution in [3.63, 3.8) is 0 Å². The van der Waals surface area contributed by atoms with Crippen LogP contribution >= 0.6 is 0 Å². The Morgan fingerprint density at radius 1 is 1.18 bits per heavy atom. The molecule has 0 radical (unpaired) electrons. The lowest BCUT2D eigenvalue weighted by molar-refractivity contribution is 0.0319. The average Bonchev–Trinajstić information content (AvgIpc) is 2.54. The molecule has 0 N–H and O–H groups in total. The number of hydrogen-bond donors (Lipinski definition) is 0. The lowest BCUT2D eigenvalue weighted by Gasteiger charge is -2.35. The van der Waals surface area contributed by atoms with Crippen LogP contribution in [0.25, 0.3) is 0 Å². The van der Waals surface area contributed by atoms with E-state index in [9.17, 15) is 4.79 Å². The van der Waals surface area contributed by atoms with Gasteiger partial charge in [-0.05, 0) is 63.6 Å². The van der Waals surface area contributed by atoms with Gasteiger partial charge in [-0.1, -0.05) is 0 Å². The van der Waals surface area contributed by atoms with E-state index in [1.165, 1.54) is 19.4 Å². The summed E-state index contributed by atoms with van der Waals surface area (Å²) >= 11 is 0. The molecule has 3 heterocycles. The van der Waals surface area contributed by atoms with Crippen molar-refractivity contribution in [3.8, 4) is 0 Å². The van der Waals surface area contributed by atoms with Gasteiger partial charge in [0.15, 0.2) is 0 Å². The molecule has 1 aromatic heterocycles. The SMILES string of the molecule is Cc1ccc(=O)n(CC2CCN(CC3CCCOC3)CC2)n1. The minimum Gasteiger partial charge on any atom is -0.381 e. The van der Waals surface area contributed by atoms with Crippen LogP contribution in [0.2, 0.25) is 0 Å². The van der Waals surface area contributed by atoms with Gasteiger partial charge in [-0.2, -0.15) is 5.10 Å². The van der Waals surface area contributed by atoms with Crippen LogP contribution in [0.5, 0.6) is 0 Å². The second-order valence-electron chi connectivity index (χ2n) is 6.82. The monoisotopic (exact) mass is 305 g/mol. The summed E-state index contributed by atoms with van der Waals surface area (Å²) in [5.74, 6) is 1.29. The van der Waals surface area contributed by atoms with E-state index in [1.807, 2.05) is 6.92 Å². The van der Waals surface area contributed by atoms with Crippen molar-refractivity contribution < 1.29 is 4.74 Å². The molecule has 0 bridgehead atoms. The lowest BCUT2D eigenvalue weighted by Crippen LogP contribution is -2.40. The van der Waals surface area contributed by atoms with Gasteiger partial charge in [0.25, 0.3) is 5.56 Å². The molecule has 22 heavy (non-hydrogen) atoms. The van der Waals surface area contributed by atoms with Crippen molar-refractivity contribution in [1.82, 2.24) is 14.7 Å². The first-order chi connectivity index (χ1) is 10.7. The first-order valence-corrected chi connectivity index (χ1v) is 8.55. The zero-order valence-corrected chi connectivity index (χ0v) is 13.5. The van der Waals surface area contributed by atoms with E-state index in [0.717, 1.165) is 51.4 Å². The summed E-state index contributed by atoms with van der Waals surface area (Å²) in [4.78, 5) is 14.4. The lowest BCUT2D eigenvalue weighted by atomic mass is 9.94. The van der Waals surface area contributed by atoms with E-state index in [1.54, 1.807) is 16.8 Å². The van der Waals surface area contributed by atoms with Crippen molar-refractivity contribution in [1.29, 1.82) is 0 Å². The predicted molar refractivity (Wildman–Crippen MR) is 85.9 cm³/mol. The Morgan fingerprint density at radius 3 is 2.73 bits per heavy atom. The highest BCUT2D eigenvalue weighted by molar-refractivity contribution is 4.97. The van der Waals surface area contributed by atoms with Crippen molar-refractivity contribution in [2.24, 2.45) is 11.8 Å². The molecule has 5 nitrogen and oxygen atoms in total. The zero-order chi connectivity index (χ0) is 15.4. The molecule has 5 heteroatoms. The maximum atomic E-state index is 11.8. The van der Waals surface area contributed by atoms with E-state index >= 15 is 0 Å². The summed E-state index contributed by atoms with van der Waals surface area (Å²) in [6, 6.07) is 3.41. The highest BCUT2D eigenvalue weighted by Crippen LogP contribution is 2.21. The smallest absolute Gasteiger partial charge is 0.266 e. The van der Waals surface area contributed by atoms with Crippen molar-refractivity contribution in [2.45, 2.75) is 39.2 Å². The van der Waals surface area contributed by atoms with Gasteiger partial charge in [-0.15, -0.1) is 0 Å². The molecule has 2 aliphatic rings. The molecule has 0 saturated carbocycles. The number of hydrogen-bond acceptors (Lipinski definition) is 4. The number of piperidine rings is 1. The van der Waals surface area contributed by atoms with Gasteiger partial charge in [0.2, 0.25) is 0 Å². The minimum absolute atomic E-state index is 0.0207. The molecule has 0 aliphatic carbocycles. The topological polar surface area (TPSA) is 47.4 Å². The Hall–Kier alpha value is -1.20. The molecule has 2 saturated heterocycles. The number of rotatable bonds is 4. The highest BCUT2D eigenvalue weighted by atomic mass is 16.5. The molecule has 0 amide bonds. The van der Waals surface area contributed by atoms with E-state index in [4.69, 9.17) is 4.74 Å². The van der Waals surface area contributed by atoms with Crippen molar-refractivity contribution >= 4 is 0 Å². The fraction of sp³-hybridized carbons (Fsp3) is 0.765. The third-order valence-electron chi connectivity index (χ3n) is 4.91. The summed E-state index contributed by atoms with van der Waals surface area (Å²) in [6.45, 7) is 8.03. The van der Waals surface area contributed by atoms with Crippen LogP contribution in [-0.2, 0) is 11.3 Å². The predicted octanol–water partition coefficient (Wildman–Crippen LogP) is 1.69. The summed E-state index contributed by atoms with van der Waals surface area (Å²) in [6.07, 6.45) is 4.84. The van der Waals surface area contributed by atoms with Gasteiger partial charge in [0.1, 0.15) is 0 Å². The molecule has 122 valence electrons. The molecule has 1 unspecified atom stereocenters. The third-order valence-corrected chi connectivity index (χ3v) is 4.91. The van der Waals surface area contributed by atoms with Crippen LogP contribution in [0.1, 0.15) is 31.4 Å². The first kappa shape index (κ1) is 15.7. The van der Waals surface area contributed by atoms with Gasteiger partial charge in [-0.25, -0.2) is 4.68 Å². The number of aryl methyl sites for hydroxylation is 1. The number of nitrogens with zero attached hydrogens (tertiary/aromatic N) is 3. The fourth-order valence-corrected chi connectivity index (χ4v) is 3.59. The quantitative estimate of drug-likeness (QED) is 0.849. The normalized spacial score (nSPS) is 24.5. The number of ether oxygens (including phenoxy) is 1. The maximum absolute atomic E-state index is 11.8. The van der Waals surface area contributed by atoms with E-state index in [-0.39, 0.29) is 5.56 Å². The molecule has 0 spiro atoms. The van der Waals surface area contributed by atoms with E-state index in [2.05, 4.69) is 10.00 Å². The molecular formula is C17H27N3O2. The van der Waals surface area contributed by atoms with Crippen LogP contribution in [0, 0.1) is 18.8 Å². The third kappa shape index (κ3) is 4.17. The first-order valence-electron chi connectivity index (χ1n) is 8.55. The molecule has 2 fully saturated rings. The molecule has 2 aliphatic heterocycles. The summed E-state index contributed by atoms with van der Waals surface area (Å²) in [7, 11) is 0. The van der Waals surface area contributed by atoms with Crippen molar-refractivity contribution in [2.75, 3.05) is 32.8 Å². The van der Waals surface area contributed by atoms with Crippen LogP contribution in [0.15, 0.2) is 16.9 Å². The molecule has 3 rings (SSSR count). The summed E-state index contributed by atoms with van der Waals surface area (Å²) < 4.78 is 7.22. The Labute approximate surface area is 132 Å². The zero-order valence-electron chi connectivity index (χ0n) is 13.5. The van der Waals surface area contributed by atoms with E-state index < -0.39 is 0 Å². The Kier molecular flexibility index (Phi) is 5.26. The average molecular weight is 305 g/mol. The number of likely N-dealkylation sites (tertiary alicyclic amines) is 1. The highest BCUT2D eigenvalue weighted by Gasteiger charge is 2.23. The standard InChI is InChI=1S/C17H27N3O2/c1-14-4-5-17(21)20(18-14)12-15-6-8-19(9-7-15)11-16-3-2-10-22-13-16/h4-5,15-16H,2-3,6-13H2,1H3. The second kappa shape index (κ2) is 7.38. The molecule has 0 aromatic carbocycles. The number of aromatic nitrogens is 2. The summed E-state index contributed by atoms with van der Waals surface area (Å²) in [5.41, 5.74) is 0.932. The van der Waals surface area contributed by atoms with Crippen molar-refractivity contribution in [3.05, 3.63) is 28.2 Å². The summed E-state index contributed by atoms with van der Waals surface area (Å²) in [5, 5.41) is 4.35. The maximum Gasteiger partial charge on any atom is 0.266 e. The fourth-order valence-electron chi connectivity index (χ4n) is 3.59. The Morgan fingerprint density at radius 2 is 2.00 bits per heavy atom. The van der Waals surface area contributed by atoms with Gasteiger partial charge >= 0.3 is 0 Å². The largest absolute Gasteiger partial charge is 0.381 e. The Bertz CT molecular complexity index is 529.